The van der Waals surface area contributed by atoms with Gasteiger partial charge in [0, 0.05) is 6.04 Å². The van der Waals surface area contributed by atoms with Crippen LogP contribution >= 0.6 is 11.3 Å². The van der Waals surface area contributed by atoms with Crippen molar-refractivity contribution in [3.8, 4) is 0 Å². The van der Waals surface area contributed by atoms with Crippen LogP contribution in [-0.4, -0.2) is 23.1 Å². The lowest BCUT2D eigenvalue weighted by atomic mass is 9.96. The molecule has 1 aromatic heterocycles. The van der Waals surface area contributed by atoms with Gasteiger partial charge >= 0.3 is 5.97 Å². The summed E-state index contributed by atoms with van der Waals surface area (Å²) >= 11 is 1.62. The third-order valence-corrected chi connectivity index (χ3v) is 5.39. The van der Waals surface area contributed by atoms with Gasteiger partial charge in [-0.2, -0.15) is 0 Å². The molecule has 0 radical (unpaired) electrons. The van der Waals surface area contributed by atoms with Crippen molar-refractivity contribution < 1.29 is 9.53 Å². The van der Waals surface area contributed by atoms with E-state index in [9.17, 15) is 4.79 Å². The molecule has 1 aliphatic carbocycles. The van der Waals surface area contributed by atoms with Crippen molar-refractivity contribution in [2.75, 3.05) is 5.32 Å². The molecule has 4 nitrogen and oxygen atoms in total. The summed E-state index contributed by atoms with van der Waals surface area (Å²) < 4.78 is 6.42. The van der Waals surface area contributed by atoms with Gasteiger partial charge < -0.3 is 10.1 Å². The fourth-order valence-corrected chi connectivity index (χ4v) is 3.85. The number of ether oxygens (including phenoxy) is 1. The molecule has 1 aromatic carbocycles. The summed E-state index contributed by atoms with van der Waals surface area (Å²) in [6.45, 7) is 3.92. The molecule has 0 saturated heterocycles. The van der Waals surface area contributed by atoms with Crippen LogP contribution < -0.4 is 5.32 Å². The normalized spacial score (nSPS) is 17.1. The maximum absolute atomic E-state index is 12.1. The number of thiazole rings is 1. The quantitative estimate of drug-likeness (QED) is 0.783. The first-order valence-corrected chi connectivity index (χ1v) is 9.35. The van der Waals surface area contributed by atoms with Crippen molar-refractivity contribution in [2.45, 2.75) is 64.5 Å². The molecule has 1 saturated carbocycles. The van der Waals surface area contributed by atoms with Crippen molar-refractivity contribution in [2.24, 2.45) is 0 Å². The minimum atomic E-state index is -0.253. The van der Waals surface area contributed by atoms with E-state index in [4.69, 9.17) is 4.74 Å². The molecule has 124 valence electrons. The van der Waals surface area contributed by atoms with Crippen LogP contribution in [0.4, 0.5) is 5.13 Å². The number of nitrogens with zero attached hydrogens (tertiary/aromatic N) is 1. The van der Waals surface area contributed by atoms with Gasteiger partial charge in [-0.1, -0.05) is 37.5 Å². The molecule has 1 atom stereocenters. The molecular weight excluding hydrogens is 308 g/mol. The zero-order valence-corrected chi connectivity index (χ0v) is 14.6. The highest BCUT2D eigenvalue weighted by molar-refractivity contribution is 7.22. The standard InChI is InChI=1S/C18H24N2O2S/c1-3-12(2)22-17(21)13-9-10-15-16(11-13)23-18(20-15)19-14-7-5-4-6-8-14/h9-12,14H,3-8H2,1-2H3,(H,19,20). The highest BCUT2D eigenvalue weighted by atomic mass is 32.1. The Labute approximate surface area is 141 Å². The van der Waals surface area contributed by atoms with E-state index in [-0.39, 0.29) is 12.1 Å². The zero-order valence-electron chi connectivity index (χ0n) is 13.8. The summed E-state index contributed by atoms with van der Waals surface area (Å²) in [5, 5.41) is 4.51. The van der Waals surface area contributed by atoms with Gasteiger partial charge in [-0.05, 0) is 44.4 Å². The second-order valence-electron chi connectivity index (χ2n) is 6.30. The van der Waals surface area contributed by atoms with Crippen LogP contribution in [0.2, 0.25) is 0 Å². The first-order valence-electron chi connectivity index (χ1n) is 8.54. The van der Waals surface area contributed by atoms with E-state index in [0.717, 1.165) is 21.8 Å². The second kappa shape index (κ2) is 7.30. The zero-order chi connectivity index (χ0) is 16.2. The predicted molar refractivity (Wildman–Crippen MR) is 95.3 cm³/mol. The lowest BCUT2D eigenvalue weighted by molar-refractivity contribution is 0.0334. The number of anilines is 1. The number of carbonyl (C=O) groups excluding carboxylic acids is 1. The van der Waals surface area contributed by atoms with Gasteiger partial charge in [-0.25, -0.2) is 9.78 Å². The Morgan fingerprint density at radius 3 is 2.91 bits per heavy atom. The van der Waals surface area contributed by atoms with Crippen molar-refractivity contribution in [3.05, 3.63) is 23.8 Å². The molecule has 1 fully saturated rings. The van der Waals surface area contributed by atoms with Crippen LogP contribution in [0.5, 0.6) is 0 Å². The van der Waals surface area contributed by atoms with E-state index >= 15 is 0 Å². The van der Waals surface area contributed by atoms with E-state index in [2.05, 4.69) is 10.3 Å². The molecule has 1 unspecified atom stereocenters. The summed E-state index contributed by atoms with van der Waals surface area (Å²) in [7, 11) is 0. The molecule has 0 aliphatic heterocycles. The maximum atomic E-state index is 12.1. The SMILES string of the molecule is CCC(C)OC(=O)c1ccc2nc(NC3CCCCC3)sc2c1. The van der Waals surface area contributed by atoms with Crippen LogP contribution in [-0.2, 0) is 4.74 Å². The smallest absolute Gasteiger partial charge is 0.338 e. The highest BCUT2D eigenvalue weighted by Gasteiger charge is 2.16. The second-order valence-corrected chi connectivity index (χ2v) is 7.34. The summed E-state index contributed by atoms with van der Waals surface area (Å²) in [5.74, 6) is -0.253. The molecule has 1 aliphatic rings. The largest absolute Gasteiger partial charge is 0.459 e. The molecule has 1 N–H and O–H groups in total. The van der Waals surface area contributed by atoms with E-state index in [1.165, 1.54) is 32.1 Å². The molecule has 5 heteroatoms. The van der Waals surface area contributed by atoms with Gasteiger partial charge in [0.05, 0.1) is 21.9 Å². The Morgan fingerprint density at radius 1 is 1.39 bits per heavy atom. The molecule has 2 aromatic rings. The third-order valence-electron chi connectivity index (χ3n) is 4.44. The molecular formula is C18H24N2O2S. The lowest BCUT2D eigenvalue weighted by Crippen LogP contribution is -2.21. The number of hydrogen-bond acceptors (Lipinski definition) is 5. The minimum Gasteiger partial charge on any atom is -0.459 e. The number of esters is 1. The van der Waals surface area contributed by atoms with Gasteiger partial charge in [-0.3, -0.25) is 0 Å². The topological polar surface area (TPSA) is 51.2 Å². The number of hydrogen-bond donors (Lipinski definition) is 1. The van der Waals surface area contributed by atoms with E-state index in [0.29, 0.717) is 11.6 Å². The first kappa shape index (κ1) is 16.2. The fourth-order valence-electron chi connectivity index (χ4n) is 2.87. The van der Waals surface area contributed by atoms with E-state index < -0.39 is 0 Å². The molecule has 0 bridgehead atoms. The lowest BCUT2D eigenvalue weighted by Gasteiger charge is -2.22. The van der Waals surface area contributed by atoms with Crippen molar-refractivity contribution >= 4 is 32.7 Å². The number of rotatable bonds is 5. The Bertz CT molecular complexity index is 677. The Morgan fingerprint density at radius 2 is 2.17 bits per heavy atom. The number of nitrogens with one attached hydrogen (secondary N) is 1. The van der Waals surface area contributed by atoms with Crippen LogP contribution in [0.1, 0.15) is 62.7 Å². The molecule has 0 spiro atoms. The number of benzene rings is 1. The van der Waals surface area contributed by atoms with Gasteiger partial charge in [0.2, 0.25) is 0 Å². The van der Waals surface area contributed by atoms with Gasteiger partial charge in [-0.15, -0.1) is 0 Å². The molecule has 3 rings (SSSR count). The van der Waals surface area contributed by atoms with Gasteiger partial charge in [0.1, 0.15) is 0 Å². The Balaban J connectivity index is 1.73. The van der Waals surface area contributed by atoms with Gasteiger partial charge in [0.15, 0.2) is 5.13 Å². The number of aromatic nitrogens is 1. The minimum absolute atomic E-state index is 0.0526. The van der Waals surface area contributed by atoms with Crippen molar-refractivity contribution in [1.82, 2.24) is 4.98 Å². The van der Waals surface area contributed by atoms with Crippen LogP contribution in [0.25, 0.3) is 10.2 Å². The maximum Gasteiger partial charge on any atom is 0.338 e. The average Bonchev–Trinajstić information content (AvgIpc) is 2.96. The fraction of sp³-hybridized carbons (Fsp3) is 0.556. The first-order chi connectivity index (χ1) is 11.2. The molecule has 23 heavy (non-hydrogen) atoms. The van der Waals surface area contributed by atoms with E-state index in [1.807, 2.05) is 26.0 Å². The Kier molecular flexibility index (Phi) is 5.16. The average molecular weight is 332 g/mol. The highest BCUT2D eigenvalue weighted by Crippen LogP contribution is 2.29. The van der Waals surface area contributed by atoms with Gasteiger partial charge in [0.25, 0.3) is 0 Å². The van der Waals surface area contributed by atoms with Crippen molar-refractivity contribution in [1.29, 1.82) is 0 Å². The molecule has 0 amide bonds. The summed E-state index contributed by atoms with van der Waals surface area (Å²) in [6, 6.07) is 6.14. The monoisotopic (exact) mass is 332 g/mol. The number of fused-ring (bicyclic) bond motifs is 1. The van der Waals surface area contributed by atoms with Crippen LogP contribution in [0, 0.1) is 0 Å². The summed E-state index contributed by atoms with van der Waals surface area (Å²) in [5.41, 5.74) is 1.54. The van der Waals surface area contributed by atoms with Crippen LogP contribution in [0.15, 0.2) is 18.2 Å². The van der Waals surface area contributed by atoms with E-state index in [1.54, 1.807) is 17.4 Å². The predicted octanol–water partition coefficient (Wildman–Crippen LogP) is 5.00. The van der Waals surface area contributed by atoms with Crippen LogP contribution in [0.3, 0.4) is 0 Å². The summed E-state index contributed by atoms with van der Waals surface area (Å²) in [6.07, 6.45) is 7.17. The third kappa shape index (κ3) is 4.02. The Hall–Kier alpha value is -1.62. The summed E-state index contributed by atoms with van der Waals surface area (Å²) in [4.78, 5) is 16.8. The number of carbonyl (C=O) groups is 1. The van der Waals surface area contributed by atoms with Crippen molar-refractivity contribution in [3.63, 3.8) is 0 Å². The molecule has 1 heterocycles.